The van der Waals surface area contributed by atoms with Gasteiger partial charge in [0.2, 0.25) is 0 Å². The van der Waals surface area contributed by atoms with Crippen molar-refractivity contribution < 1.29 is 14.3 Å². The number of morpholine rings is 1. The van der Waals surface area contributed by atoms with Gasteiger partial charge in [0.25, 0.3) is 11.8 Å². The number of pyridine rings is 1. The fraction of sp³-hybridized carbons (Fsp3) is 0.167. The predicted octanol–water partition coefficient (Wildman–Crippen LogP) is 4.16. The number of hydrogen-bond donors (Lipinski definition) is 1. The molecule has 1 unspecified atom stereocenters. The molecule has 2 aromatic carbocycles. The van der Waals surface area contributed by atoms with Gasteiger partial charge in [-0.1, -0.05) is 36.4 Å². The number of rotatable bonds is 4. The molecule has 32 heavy (non-hydrogen) atoms. The lowest BCUT2D eigenvalue weighted by molar-refractivity contribution is -0.0246. The van der Waals surface area contributed by atoms with Crippen molar-refractivity contribution in [3.63, 3.8) is 0 Å². The SMILES string of the molecule is O=C(Nc1nccs1)c1cc(C2CN(C(=O)c3ccccc3)CCO2)nc2ccccc12. The van der Waals surface area contributed by atoms with Gasteiger partial charge < -0.3 is 9.64 Å². The third-order valence-electron chi connectivity index (χ3n) is 5.34. The molecule has 2 aromatic heterocycles. The van der Waals surface area contributed by atoms with Crippen molar-refractivity contribution in [2.24, 2.45) is 0 Å². The molecule has 1 saturated heterocycles. The Labute approximate surface area is 188 Å². The maximum Gasteiger partial charge on any atom is 0.258 e. The molecule has 1 fully saturated rings. The van der Waals surface area contributed by atoms with Crippen LogP contribution < -0.4 is 5.32 Å². The Bertz CT molecular complexity index is 1260. The molecule has 0 aliphatic carbocycles. The molecule has 1 aliphatic rings. The standard InChI is InChI=1S/C24H20N4O3S/c29-22(27-24-25-10-13-32-24)18-14-20(26-19-9-5-4-8-17(18)19)21-15-28(11-12-31-21)23(30)16-6-2-1-3-7-16/h1-10,13-14,21H,11-12,15H2,(H,25,27,29). The first-order valence-electron chi connectivity index (χ1n) is 10.3. The van der Waals surface area contributed by atoms with E-state index >= 15 is 0 Å². The Kier molecular flexibility index (Phi) is 5.62. The summed E-state index contributed by atoms with van der Waals surface area (Å²) in [5, 5.41) is 5.93. The molecule has 5 rings (SSSR count). The largest absolute Gasteiger partial charge is 0.368 e. The predicted molar refractivity (Wildman–Crippen MR) is 123 cm³/mol. The summed E-state index contributed by atoms with van der Waals surface area (Å²) in [4.78, 5) is 36.6. The molecule has 160 valence electrons. The maximum absolute atomic E-state index is 13.0. The van der Waals surface area contributed by atoms with E-state index in [2.05, 4.69) is 10.3 Å². The van der Waals surface area contributed by atoms with Crippen molar-refractivity contribution in [1.29, 1.82) is 0 Å². The highest BCUT2D eigenvalue weighted by atomic mass is 32.1. The monoisotopic (exact) mass is 444 g/mol. The fourth-order valence-corrected chi connectivity index (χ4v) is 4.30. The lowest BCUT2D eigenvalue weighted by atomic mass is 10.0. The fourth-order valence-electron chi connectivity index (χ4n) is 3.77. The van der Waals surface area contributed by atoms with E-state index in [0.29, 0.717) is 47.2 Å². The second-order valence-electron chi connectivity index (χ2n) is 7.38. The zero-order valence-electron chi connectivity index (χ0n) is 17.1. The van der Waals surface area contributed by atoms with E-state index in [1.165, 1.54) is 11.3 Å². The Morgan fingerprint density at radius 1 is 1.09 bits per heavy atom. The van der Waals surface area contributed by atoms with Crippen LogP contribution in [-0.2, 0) is 4.74 Å². The molecule has 3 heterocycles. The van der Waals surface area contributed by atoms with E-state index in [4.69, 9.17) is 9.72 Å². The molecular weight excluding hydrogens is 424 g/mol. The van der Waals surface area contributed by atoms with Gasteiger partial charge in [-0.3, -0.25) is 14.9 Å². The van der Waals surface area contributed by atoms with Crippen LogP contribution in [0, 0.1) is 0 Å². The first-order valence-corrected chi connectivity index (χ1v) is 11.1. The van der Waals surface area contributed by atoms with Gasteiger partial charge in [0.05, 0.1) is 29.9 Å². The average Bonchev–Trinajstić information content (AvgIpc) is 3.36. The zero-order chi connectivity index (χ0) is 21.9. The van der Waals surface area contributed by atoms with Crippen molar-refractivity contribution in [3.05, 3.63) is 89.1 Å². The smallest absolute Gasteiger partial charge is 0.258 e. The Hall–Kier alpha value is -3.62. The van der Waals surface area contributed by atoms with Gasteiger partial charge in [0.15, 0.2) is 5.13 Å². The van der Waals surface area contributed by atoms with Gasteiger partial charge in [-0.25, -0.2) is 9.97 Å². The number of nitrogens with one attached hydrogen (secondary N) is 1. The molecular formula is C24H20N4O3S. The summed E-state index contributed by atoms with van der Waals surface area (Å²) in [6, 6.07) is 18.5. The zero-order valence-corrected chi connectivity index (χ0v) is 17.9. The molecule has 1 aliphatic heterocycles. The molecule has 0 radical (unpaired) electrons. The van der Waals surface area contributed by atoms with Gasteiger partial charge in [0.1, 0.15) is 6.10 Å². The second kappa shape index (κ2) is 8.86. The summed E-state index contributed by atoms with van der Waals surface area (Å²) < 4.78 is 5.97. The molecule has 4 aromatic rings. The minimum absolute atomic E-state index is 0.0403. The number of carbonyl (C=O) groups excluding carboxylic acids is 2. The van der Waals surface area contributed by atoms with E-state index in [0.717, 1.165) is 5.39 Å². The molecule has 1 atom stereocenters. The van der Waals surface area contributed by atoms with Crippen molar-refractivity contribution in [3.8, 4) is 0 Å². The van der Waals surface area contributed by atoms with Crippen molar-refractivity contribution in [1.82, 2.24) is 14.9 Å². The first kappa shape index (κ1) is 20.3. The summed E-state index contributed by atoms with van der Waals surface area (Å²) in [7, 11) is 0. The summed E-state index contributed by atoms with van der Waals surface area (Å²) >= 11 is 1.36. The van der Waals surface area contributed by atoms with Crippen LogP contribution in [0.3, 0.4) is 0 Å². The normalized spacial score (nSPS) is 16.1. The molecule has 0 spiro atoms. The number of amides is 2. The van der Waals surface area contributed by atoms with E-state index in [9.17, 15) is 9.59 Å². The number of carbonyl (C=O) groups is 2. The topological polar surface area (TPSA) is 84.4 Å². The number of thiazole rings is 1. The van der Waals surface area contributed by atoms with Crippen molar-refractivity contribution >= 4 is 39.2 Å². The number of benzene rings is 2. The van der Waals surface area contributed by atoms with E-state index in [1.807, 2.05) is 54.6 Å². The molecule has 1 N–H and O–H groups in total. The Morgan fingerprint density at radius 3 is 2.72 bits per heavy atom. The third kappa shape index (κ3) is 4.10. The summed E-state index contributed by atoms with van der Waals surface area (Å²) in [6.45, 7) is 1.28. The molecule has 2 amide bonds. The van der Waals surface area contributed by atoms with E-state index in [1.54, 1.807) is 22.5 Å². The quantitative estimate of drug-likeness (QED) is 0.511. The highest BCUT2D eigenvalue weighted by Crippen LogP contribution is 2.27. The Morgan fingerprint density at radius 2 is 1.91 bits per heavy atom. The van der Waals surface area contributed by atoms with Gasteiger partial charge in [-0.15, -0.1) is 11.3 Å². The van der Waals surface area contributed by atoms with Gasteiger partial charge in [0, 0.05) is 29.1 Å². The number of aromatic nitrogens is 2. The van der Waals surface area contributed by atoms with Gasteiger partial charge in [-0.05, 0) is 24.3 Å². The van der Waals surface area contributed by atoms with Crippen LogP contribution in [0.2, 0.25) is 0 Å². The Balaban J connectivity index is 1.46. The van der Waals surface area contributed by atoms with Crippen LogP contribution >= 0.6 is 11.3 Å². The number of hydrogen-bond acceptors (Lipinski definition) is 6. The highest BCUT2D eigenvalue weighted by molar-refractivity contribution is 7.13. The lowest BCUT2D eigenvalue weighted by Gasteiger charge is -2.33. The summed E-state index contributed by atoms with van der Waals surface area (Å²) in [5.74, 6) is -0.297. The maximum atomic E-state index is 13.0. The highest BCUT2D eigenvalue weighted by Gasteiger charge is 2.28. The summed E-state index contributed by atoms with van der Waals surface area (Å²) in [5.41, 5.74) is 2.46. The number of fused-ring (bicyclic) bond motifs is 1. The molecule has 0 saturated carbocycles. The minimum Gasteiger partial charge on any atom is -0.368 e. The lowest BCUT2D eigenvalue weighted by Crippen LogP contribution is -2.42. The molecule has 7 nitrogen and oxygen atoms in total. The van der Waals surface area contributed by atoms with Crippen LogP contribution in [0.25, 0.3) is 10.9 Å². The number of ether oxygens (including phenoxy) is 1. The van der Waals surface area contributed by atoms with Gasteiger partial charge in [-0.2, -0.15) is 0 Å². The summed E-state index contributed by atoms with van der Waals surface area (Å²) in [6.07, 6.45) is 1.22. The number of anilines is 1. The van der Waals surface area contributed by atoms with Crippen LogP contribution in [0.1, 0.15) is 32.5 Å². The van der Waals surface area contributed by atoms with Crippen LogP contribution in [0.15, 0.2) is 72.2 Å². The van der Waals surface area contributed by atoms with Crippen LogP contribution in [0.4, 0.5) is 5.13 Å². The van der Waals surface area contributed by atoms with Crippen LogP contribution in [0.5, 0.6) is 0 Å². The van der Waals surface area contributed by atoms with Crippen molar-refractivity contribution in [2.75, 3.05) is 25.0 Å². The third-order valence-corrected chi connectivity index (χ3v) is 6.03. The second-order valence-corrected chi connectivity index (χ2v) is 8.27. The van der Waals surface area contributed by atoms with Gasteiger partial charge >= 0.3 is 0 Å². The van der Waals surface area contributed by atoms with Crippen molar-refractivity contribution in [2.45, 2.75) is 6.10 Å². The number of para-hydroxylation sites is 1. The first-order chi connectivity index (χ1) is 15.7. The van der Waals surface area contributed by atoms with E-state index < -0.39 is 6.10 Å². The number of nitrogens with zero attached hydrogens (tertiary/aromatic N) is 3. The average molecular weight is 445 g/mol. The molecule has 8 heteroatoms. The molecule has 0 bridgehead atoms. The van der Waals surface area contributed by atoms with Crippen LogP contribution in [-0.4, -0.2) is 46.4 Å². The minimum atomic E-state index is -0.424. The van der Waals surface area contributed by atoms with E-state index in [-0.39, 0.29) is 11.8 Å².